The average molecular weight is 443 g/mol. The maximum Gasteiger partial charge on any atom is -0.00236 e. The van der Waals surface area contributed by atoms with E-state index in [1.165, 1.54) is 48.9 Å². The fraction of sp³-hybridized carbons (Fsp3) is 0.0625. The molecule has 0 fully saturated rings. The summed E-state index contributed by atoms with van der Waals surface area (Å²) in [6.45, 7) is 4.34. The molecular formula is C32H27P. The third-order valence-corrected chi connectivity index (χ3v) is 8.73. The highest BCUT2D eigenvalue weighted by atomic mass is 31.1. The van der Waals surface area contributed by atoms with Crippen molar-refractivity contribution in [3.63, 3.8) is 0 Å². The second kappa shape index (κ2) is 9.57. The minimum absolute atomic E-state index is 0.701. The van der Waals surface area contributed by atoms with Crippen LogP contribution < -0.4 is 15.9 Å². The Morgan fingerprint density at radius 2 is 1.18 bits per heavy atom. The van der Waals surface area contributed by atoms with Gasteiger partial charge in [0.05, 0.1) is 0 Å². The van der Waals surface area contributed by atoms with E-state index in [4.69, 9.17) is 0 Å². The number of fused-ring (bicyclic) bond motifs is 1. The molecule has 0 bridgehead atoms. The molecule has 0 aliphatic heterocycles. The topological polar surface area (TPSA) is 0 Å². The number of hydrogen-bond donors (Lipinski definition) is 0. The lowest BCUT2D eigenvalue weighted by Crippen LogP contribution is -2.22. The molecule has 0 spiro atoms. The van der Waals surface area contributed by atoms with E-state index in [2.05, 4.69) is 141 Å². The molecule has 5 rings (SSSR count). The highest BCUT2D eigenvalue weighted by Gasteiger charge is 2.22. The second-order valence-corrected chi connectivity index (χ2v) is 10.4. The number of benzene rings is 5. The van der Waals surface area contributed by atoms with Crippen LogP contribution in [0.2, 0.25) is 0 Å². The summed E-state index contributed by atoms with van der Waals surface area (Å²) in [5.74, 6) is 0. The molecule has 0 atom stereocenters. The minimum atomic E-state index is -0.701. The van der Waals surface area contributed by atoms with Gasteiger partial charge in [0.1, 0.15) is 0 Å². The van der Waals surface area contributed by atoms with Crippen LogP contribution in [0.15, 0.2) is 127 Å². The third-order valence-electron chi connectivity index (χ3n) is 6.23. The molecule has 0 aliphatic rings. The molecule has 0 radical (unpaired) electrons. The Morgan fingerprint density at radius 1 is 0.606 bits per heavy atom. The van der Waals surface area contributed by atoms with Crippen LogP contribution >= 0.6 is 7.92 Å². The minimum Gasteiger partial charge on any atom is -0.0841 e. The van der Waals surface area contributed by atoms with E-state index in [1.54, 1.807) is 0 Å². The molecule has 0 aromatic heterocycles. The molecule has 160 valence electrons. The summed E-state index contributed by atoms with van der Waals surface area (Å²) in [7, 11) is -0.701. The quantitative estimate of drug-likeness (QED) is 0.245. The van der Waals surface area contributed by atoms with E-state index >= 15 is 0 Å². The standard InChI is InChI=1S/C32H27P/c1-3-24(2)28-23-22-25-14-10-11-19-29(25)32(28)30-20-12-13-21-31(30)33(26-15-6-4-7-16-26)27-17-8-5-9-18-27/h3-23H,1-2H3. The van der Waals surface area contributed by atoms with Crippen molar-refractivity contribution in [2.24, 2.45) is 0 Å². The molecule has 33 heavy (non-hydrogen) atoms. The van der Waals surface area contributed by atoms with E-state index in [-0.39, 0.29) is 0 Å². The molecular weight excluding hydrogens is 415 g/mol. The summed E-state index contributed by atoms with van der Waals surface area (Å²) in [4.78, 5) is 0. The van der Waals surface area contributed by atoms with Crippen molar-refractivity contribution in [3.8, 4) is 11.1 Å². The molecule has 0 aliphatic carbocycles. The zero-order valence-electron chi connectivity index (χ0n) is 19.1. The fourth-order valence-corrected chi connectivity index (χ4v) is 6.96. The first-order chi connectivity index (χ1) is 16.3. The largest absolute Gasteiger partial charge is 0.0841 e. The van der Waals surface area contributed by atoms with Gasteiger partial charge >= 0.3 is 0 Å². The maximum atomic E-state index is 2.33. The van der Waals surface area contributed by atoms with Crippen LogP contribution in [0, 0.1) is 0 Å². The van der Waals surface area contributed by atoms with Crippen molar-refractivity contribution in [2.75, 3.05) is 0 Å². The molecule has 0 saturated carbocycles. The van der Waals surface area contributed by atoms with Crippen molar-refractivity contribution in [3.05, 3.63) is 133 Å². The van der Waals surface area contributed by atoms with E-state index in [9.17, 15) is 0 Å². The smallest absolute Gasteiger partial charge is 0.00236 e. The summed E-state index contributed by atoms with van der Waals surface area (Å²) in [6.07, 6.45) is 2.22. The van der Waals surface area contributed by atoms with Crippen molar-refractivity contribution >= 4 is 40.2 Å². The van der Waals surface area contributed by atoms with Gasteiger partial charge in [0.25, 0.3) is 0 Å². The molecule has 5 aromatic carbocycles. The molecule has 1 heteroatoms. The zero-order chi connectivity index (χ0) is 22.6. The first-order valence-electron chi connectivity index (χ1n) is 11.4. The average Bonchev–Trinajstić information content (AvgIpc) is 2.89. The highest BCUT2D eigenvalue weighted by molar-refractivity contribution is 7.80. The Bertz CT molecular complexity index is 1380. The third kappa shape index (κ3) is 4.15. The molecule has 0 N–H and O–H groups in total. The molecule has 0 amide bonds. The van der Waals surface area contributed by atoms with Gasteiger partial charge in [-0.25, -0.2) is 0 Å². The summed E-state index contributed by atoms with van der Waals surface area (Å²) in [5, 5.41) is 6.72. The summed E-state index contributed by atoms with van der Waals surface area (Å²) >= 11 is 0. The Labute approximate surface area is 198 Å². The maximum absolute atomic E-state index is 2.33. The SMILES string of the molecule is CC=C(C)c1ccc2ccccc2c1-c1ccccc1P(c1ccccc1)c1ccccc1. The Morgan fingerprint density at radius 3 is 1.85 bits per heavy atom. The first-order valence-corrected chi connectivity index (χ1v) is 12.8. The molecule has 0 nitrogen and oxygen atoms in total. The van der Waals surface area contributed by atoms with Gasteiger partial charge in [0.2, 0.25) is 0 Å². The Hall–Kier alpha value is -3.47. The number of rotatable bonds is 5. The highest BCUT2D eigenvalue weighted by Crippen LogP contribution is 2.41. The van der Waals surface area contributed by atoms with Crippen molar-refractivity contribution in [1.82, 2.24) is 0 Å². The van der Waals surface area contributed by atoms with Gasteiger partial charge in [-0.1, -0.05) is 127 Å². The lowest BCUT2D eigenvalue weighted by atomic mass is 9.90. The number of hydrogen-bond acceptors (Lipinski definition) is 0. The first kappa shape index (κ1) is 21.4. The van der Waals surface area contributed by atoms with Crippen LogP contribution in [0.1, 0.15) is 19.4 Å². The second-order valence-electron chi connectivity index (χ2n) is 8.20. The summed E-state index contributed by atoms with van der Waals surface area (Å²) < 4.78 is 0. The predicted octanol–water partition coefficient (Wildman–Crippen LogP) is 7.69. The molecule has 5 aromatic rings. The molecule has 0 saturated heterocycles. The van der Waals surface area contributed by atoms with Gasteiger partial charge in [0.15, 0.2) is 0 Å². The summed E-state index contributed by atoms with van der Waals surface area (Å²) in [5.41, 5.74) is 5.26. The van der Waals surface area contributed by atoms with Crippen LogP contribution in [0.4, 0.5) is 0 Å². The zero-order valence-corrected chi connectivity index (χ0v) is 20.0. The van der Waals surface area contributed by atoms with Gasteiger partial charge in [-0.3, -0.25) is 0 Å². The Balaban J connectivity index is 1.85. The van der Waals surface area contributed by atoms with E-state index in [0.29, 0.717) is 0 Å². The van der Waals surface area contributed by atoms with E-state index in [1.807, 2.05) is 0 Å². The van der Waals surface area contributed by atoms with Gasteiger partial charge < -0.3 is 0 Å². The van der Waals surface area contributed by atoms with Gasteiger partial charge in [-0.05, 0) is 70.7 Å². The lowest BCUT2D eigenvalue weighted by molar-refractivity contribution is 1.55. The fourth-order valence-electron chi connectivity index (χ4n) is 4.51. The van der Waals surface area contributed by atoms with Crippen molar-refractivity contribution in [1.29, 1.82) is 0 Å². The lowest BCUT2D eigenvalue weighted by Gasteiger charge is -2.24. The van der Waals surface area contributed by atoms with E-state index in [0.717, 1.165) is 0 Å². The van der Waals surface area contributed by atoms with Gasteiger partial charge in [-0.15, -0.1) is 0 Å². The monoisotopic (exact) mass is 442 g/mol. The normalized spacial score (nSPS) is 11.8. The van der Waals surface area contributed by atoms with Gasteiger partial charge in [-0.2, -0.15) is 0 Å². The molecule has 0 heterocycles. The molecule has 0 unspecified atom stereocenters. The predicted molar refractivity (Wildman–Crippen MR) is 147 cm³/mol. The summed E-state index contributed by atoms with van der Waals surface area (Å²) in [6, 6.07) is 44.2. The van der Waals surface area contributed by atoms with Crippen LogP contribution in [0.25, 0.3) is 27.5 Å². The van der Waals surface area contributed by atoms with Gasteiger partial charge in [0, 0.05) is 0 Å². The van der Waals surface area contributed by atoms with Crippen LogP contribution in [-0.4, -0.2) is 0 Å². The number of allylic oxidation sites excluding steroid dienone is 2. The van der Waals surface area contributed by atoms with Crippen LogP contribution in [0.5, 0.6) is 0 Å². The van der Waals surface area contributed by atoms with Crippen molar-refractivity contribution < 1.29 is 0 Å². The Kier molecular flexibility index (Phi) is 6.20. The van der Waals surface area contributed by atoms with Crippen LogP contribution in [0.3, 0.4) is 0 Å². The van der Waals surface area contributed by atoms with Crippen molar-refractivity contribution in [2.45, 2.75) is 13.8 Å². The van der Waals surface area contributed by atoms with E-state index < -0.39 is 7.92 Å². The van der Waals surface area contributed by atoms with Crippen LogP contribution in [-0.2, 0) is 0 Å².